The van der Waals surface area contributed by atoms with Crippen molar-refractivity contribution >= 4 is 29.0 Å². The Morgan fingerprint density at radius 3 is 2.35 bits per heavy atom. The van der Waals surface area contributed by atoms with Crippen LogP contribution in [0, 0.1) is 0 Å². The number of likely N-dealkylation sites (N-methyl/N-ethyl adjacent to an activating group) is 1. The molecule has 2 aromatic rings. The number of morpholine rings is 1. The SMILES string of the molecule is CCN1C(=O)C2(C(=C(O)c3ccccc3)C(=O)C(=O)N2CCN2CCOCC2)c2ccccc21. The lowest BCUT2D eigenvalue weighted by molar-refractivity contribution is -0.144. The number of Topliss-reactive ketones (excluding diaryl/α,β-unsaturated/α-hetero) is 1. The van der Waals surface area contributed by atoms with Crippen LogP contribution < -0.4 is 4.90 Å². The van der Waals surface area contributed by atoms with Crippen LogP contribution in [0.5, 0.6) is 0 Å². The van der Waals surface area contributed by atoms with E-state index in [1.165, 1.54) is 4.90 Å². The van der Waals surface area contributed by atoms with Crippen LogP contribution in [0.3, 0.4) is 0 Å². The molecule has 8 nitrogen and oxygen atoms in total. The summed E-state index contributed by atoms with van der Waals surface area (Å²) in [6.45, 7) is 5.52. The Hall–Kier alpha value is -3.49. The fraction of sp³-hybridized carbons (Fsp3) is 0.346. The van der Waals surface area contributed by atoms with E-state index in [2.05, 4.69) is 4.90 Å². The second kappa shape index (κ2) is 8.70. The van der Waals surface area contributed by atoms with Gasteiger partial charge >= 0.3 is 0 Å². The summed E-state index contributed by atoms with van der Waals surface area (Å²) in [4.78, 5) is 46.2. The number of para-hydroxylation sites is 1. The molecule has 1 N–H and O–H groups in total. The smallest absolute Gasteiger partial charge is 0.296 e. The minimum Gasteiger partial charge on any atom is -0.507 e. The molecule has 0 saturated carbocycles. The molecule has 3 aliphatic rings. The first-order valence-electron chi connectivity index (χ1n) is 11.6. The number of fused-ring (bicyclic) bond motifs is 2. The molecule has 1 spiro atoms. The minimum atomic E-state index is -1.70. The van der Waals surface area contributed by atoms with E-state index < -0.39 is 23.1 Å². The Bertz CT molecular complexity index is 1170. The zero-order chi connectivity index (χ0) is 23.9. The molecule has 2 aromatic carbocycles. The van der Waals surface area contributed by atoms with Gasteiger partial charge in [-0.25, -0.2) is 0 Å². The number of ether oxygens (including phenoxy) is 1. The van der Waals surface area contributed by atoms with E-state index in [1.54, 1.807) is 47.4 Å². The number of aliphatic hydroxyl groups excluding tert-OH is 1. The lowest BCUT2D eigenvalue weighted by atomic mass is 9.82. The van der Waals surface area contributed by atoms with Crippen LogP contribution in [0.1, 0.15) is 18.1 Å². The molecule has 176 valence electrons. The topological polar surface area (TPSA) is 90.4 Å². The minimum absolute atomic E-state index is 0.168. The molecule has 2 amide bonds. The van der Waals surface area contributed by atoms with Gasteiger partial charge in [-0.05, 0) is 13.0 Å². The number of anilines is 1. The first kappa shape index (κ1) is 22.3. The predicted octanol–water partition coefficient (Wildman–Crippen LogP) is 1.96. The van der Waals surface area contributed by atoms with Crippen molar-refractivity contribution in [1.29, 1.82) is 0 Å². The molecule has 3 aliphatic heterocycles. The molecule has 0 bridgehead atoms. The van der Waals surface area contributed by atoms with Gasteiger partial charge in [0.25, 0.3) is 17.6 Å². The number of carbonyl (C=O) groups excluding carboxylic acids is 3. The standard InChI is InChI=1S/C26H27N3O5/c1-2-28-20-11-7-6-10-19(20)26(25(28)33)21(22(30)18-8-4-3-5-9-18)23(31)24(32)29(26)13-12-27-14-16-34-17-15-27/h3-11,30H,2,12-17H2,1H3. The van der Waals surface area contributed by atoms with Gasteiger partial charge < -0.3 is 19.6 Å². The maximum absolute atomic E-state index is 14.1. The van der Waals surface area contributed by atoms with E-state index in [9.17, 15) is 19.5 Å². The molecular weight excluding hydrogens is 434 g/mol. The average molecular weight is 462 g/mol. The summed E-state index contributed by atoms with van der Waals surface area (Å²) in [5, 5.41) is 11.4. The highest BCUT2D eigenvalue weighted by molar-refractivity contribution is 6.50. The van der Waals surface area contributed by atoms with Crippen molar-refractivity contribution in [2.45, 2.75) is 12.5 Å². The lowest BCUT2D eigenvalue weighted by Gasteiger charge is -2.36. The molecule has 0 radical (unpaired) electrons. The maximum atomic E-state index is 14.1. The Morgan fingerprint density at radius 1 is 0.971 bits per heavy atom. The molecular formula is C26H27N3O5. The Kier molecular flexibility index (Phi) is 5.71. The lowest BCUT2D eigenvalue weighted by Crippen LogP contribution is -2.54. The molecule has 0 aromatic heterocycles. The third-order valence-corrected chi connectivity index (χ3v) is 6.92. The second-order valence-electron chi connectivity index (χ2n) is 8.61. The zero-order valence-corrected chi connectivity index (χ0v) is 19.1. The highest BCUT2D eigenvalue weighted by Gasteiger charge is 2.66. The number of likely N-dealkylation sites (tertiary alicyclic amines) is 1. The van der Waals surface area contributed by atoms with E-state index in [1.807, 2.05) is 19.1 Å². The molecule has 2 saturated heterocycles. The highest BCUT2D eigenvalue weighted by atomic mass is 16.5. The van der Waals surface area contributed by atoms with Crippen LogP contribution in [-0.2, 0) is 24.7 Å². The van der Waals surface area contributed by atoms with Crippen LogP contribution in [-0.4, -0.2) is 78.4 Å². The Labute approximate surface area is 198 Å². The molecule has 1 atom stereocenters. The van der Waals surface area contributed by atoms with E-state index in [0.717, 1.165) is 0 Å². The van der Waals surface area contributed by atoms with E-state index >= 15 is 0 Å². The van der Waals surface area contributed by atoms with Crippen molar-refractivity contribution in [3.05, 3.63) is 71.3 Å². The van der Waals surface area contributed by atoms with Crippen LogP contribution in [0.25, 0.3) is 5.76 Å². The molecule has 5 rings (SSSR count). The van der Waals surface area contributed by atoms with Crippen molar-refractivity contribution in [3.63, 3.8) is 0 Å². The Morgan fingerprint density at radius 2 is 1.65 bits per heavy atom. The van der Waals surface area contributed by atoms with Crippen molar-refractivity contribution in [1.82, 2.24) is 9.80 Å². The largest absolute Gasteiger partial charge is 0.507 e. The number of ketones is 1. The van der Waals surface area contributed by atoms with Gasteiger partial charge in [0.2, 0.25) is 0 Å². The van der Waals surface area contributed by atoms with Crippen molar-refractivity contribution in [2.24, 2.45) is 0 Å². The van der Waals surface area contributed by atoms with Gasteiger partial charge in [0, 0.05) is 43.9 Å². The number of amides is 2. The summed E-state index contributed by atoms with van der Waals surface area (Å²) in [6, 6.07) is 15.8. The van der Waals surface area contributed by atoms with E-state index in [0.29, 0.717) is 56.2 Å². The third kappa shape index (κ3) is 3.17. The molecule has 0 aliphatic carbocycles. The van der Waals surface area contributed by atoms with Gasteiger partial charge in [0.15, 0.2) is 5.54 Å². The summed E-state index contributed by atoms with van der Waals surface area (Å²) >= 11 is 0. The fourth-order valence-corrected chi connectivity index (χ4v) is 5.29. The highest BCUT2D eigenvalue weighted by Crippen LogP contribution is 2.53. The zero-order valence-electron chi connectivity index (χ0n) is 19.1. The number of nitrogens with zero attached hydrogens (tertiary/aromatic N) is 3. The first-order chi connectivity index (χ1) is 16.5. The predicted molar refractivity (Wildman–Crippen MR) is 126 cm³/mol. The number of carbonyl (C=O) groups is 3. The van der Waals surface area contributed by atoms with Crippen molar-refractivity contribution in [2.75, 3.05) is 50.8 Å². The van der Waals surface area contributed by atoms with Gasteiger partial charge in [-0.3, -0.25) is 19.3 Å². The van der Waals surface area contributed by atoms with Gasteiger partial charge in [0.05, 0.1) is 24.5 Å². The molecule has 3 heterocycles. The molecule has 8 heteroatoms. The molecule has 1 unspecified atom stereocenters. The number of hydrogen-bond donors (Lipinski definition) is 1. The second-order valence-corrected chi connectivity index (χ2v) is 8.61. The van der Waals surface area contributed by atoms with Gasteiger partial charge in [-0.2, -0.15) is 0 Å². The van der Waals surface area contributed by atoms with Gasteiger partial charge in [-0.15, -0.1) is 0 Å². The van der Waals surface area contributed by atoms with Crippen LogP contribution in [0.15, 0.2) is 60.2 Å². The maximum Gasteiger partial charge on any atom is 0.296 e. The molecule has 34 heavy (non-hydrogen) atoms. The number of hydrogen-bond acceptors (Lipinski definition) is 6. The van der Waals surface area contributed by atoms with Crippen LogP contribution in [0.4, 0.5) is 5.69 Å². The van der Waals surface area contributed by atoms with E-state index in [-0.39, 0.29) is 17.9 Å². The van der Waals surface area contributed by atoms with Crippen LogP contribution >= 0.6 is 0 Å². The Balaban J connectivity index is 1.71. The van der Waals surface area contributed by atoms with Crippen molar-refractivity contribution in [3.8, 4) is 0 Å². The number of rotatable bonds is 5. The fourth-order valence-electron chi connectivity index (χ4n) is 5.29. The summed E-state index contributed by atoms with van der Waals surface area (Å²) in [7, 11) is 0. The van der Waals surface area contributed by atoms with Gasteiger partial charge in [-0.1, -0.05) is 48.5 Å². The summed E-state index contributed by atoms with van der Waals surface area (Å²) in [5.41, 5.74) is -0.299. The van der Waals surface area contributed by atoms with Crippen molar-refractivity contribution < 1.29 is 24.2 Å². The quantitative estimate of drug-likeness (QED) is 0.416. The first-order valence-corrected chi connectivity index (χ1v) is 11.6. The normalized spacial score (nSPS) is 24.3. The number of aliphatic hydroxyl groups is 1. The summed E-state index contributed by atoms with van der Waals surface area (Å²) in [5.74, 6) is -2.35. The van der Waals surface area contributed by atoms with E-state index in [4.69, 9.17) is 4.74 Å². The molecule has 2 fully saturated rings. The number of benzene rings is 2. The monoisotopic (exact) mass is 461 g/mol. The third-order valence-electron chi connectivity index (χ3n) is 6.92. The summed E-state index contributed by atoms with van der Waals surface area (Å²) in [6.07, 6.45) is 0. The van der Waals surface area contributed by atoms with Gasteiger partial charge in [0.1, 0.15) is 5.76 Å². The van der Waals surface area contributed by atoms with Crippen LogP contribution in [0.2, 0.25) is 0 Å². The average Bonchev–Trinajstić information content (AvgIpc) is 3.26. The summed E-state index contributed by atoms with van der Waals surface area (Å²) < 4.78 is 5.42.